The molecular formula is C13H16F3NO. The van der Waals surface area contributed by atoms with Crippen molar-refractivity contribution in [3.63, 3.8) is 0 Å². The monoisotopic (exact) mass is 259 g/mol. The van der Waals surface area contributed by atoms with Crippen molar-refractivity contribution in [2.24, 2.45) is 0 Å². The summed E-state index contributed by atoms with van der Waals surface area (Å²) < 4.78 is 36.9. The van der Waals surface area contributed by atoms with E-state index < -0.39 is 18.6 Å². The highest BCUT2D eigenvalue weighted by molar-refractivity contribution is 5.94. The number of amides is 1. The number of nitrogens with zero attached hydrogens (tertiary/aromatic N) is 1. The van der Waals surface area contributed by atoms with Crippen LogP contribution in [0.2, 0.25) is 0 Å². The van der Waals surface area contributed by atoms with Gasteiger partial charge in [-0.25, -0.2) is 0 Å². The summed E-state index contributed by atoms with van der Waals surface area (Å²) in [6.45, 7) is 2.33. The number of carbonyl (C=O) groups is 1. The zero-order valence-electron chi connectivity index (χ0n) is 10.4. The zero-order chi connectivity index (χ0) is 13.8. The Labute approximate surface area is 104 Å². The molecule has 0 saturated carbocycles. The standard InChI is InChI=1S/C13H16F3NO/c1-3-10-5-7-11(8-6-10)12(18)17(4-2)9-13(14,15)16/h5-8H,3-4,9H2,1-2H3. The van der Waals surface area contributed by atoms with Crippen LogP contribution in [0.25, 0.3) is 0 Å². The molecule has 0 aliphatic rings. The summed E-state index contributed by atoms with van der Waals surface area (Å²) in [5.74, 6) is -0.586. The highest BCUT2D eigenvalue weighted by Crippen LogP contribution is 2.18. The molecule has 0 radical (unpaired) electrons. The number of alkyl halides is 3. The van der Waals surface area contributed by atoms with Gasteiger partial charge in [0.25, 0.3) is 5.91 Å². The van der Waals surface area contributed by atoms with Gasteiger partial charge in [0.2, 0.25) is 0 Å². The SMILES string of the molecule is CCc1ccc(C(=O)N(CC)CC(F)(F)F)cc1. The summed E-state index contributed by atoms with van der Waals surface area (Å²) in [6.07, 6.45) is -3.54. The van der Waals surface area contributed by atoms with Gasteiger partial charge in [-0.05, 0) is 31.0 Å². The smallest absolute Gasteiger partial charge is 0.330 e. The first-order chi connectivity index (χ1) is 8.37. The van der Waals surface area contributed by atoms with Gasteiger partial charge < -0.3 is 4.90 Å². The normalized spacial score (nSPS) is 11.4. The molecule has 0 aliphatic heterocycles. The topological polar surface area (TPSA) is 20.3 Å². The molecule has 0 saturated heterocycles. The Morgan fingerprint density at radius 3 is 2.11 bits per heavy atom. The van der Waals surface area contributed by atoms with Gasteiger partial charge in [0.1, 0.15) is 6.54 Å². The van der Waals surface area contributed by atoms with Crippen LogP contribution >= 0.6 is 0 Å². The molecule has 1 aromatic rings. The molecule has 0 unspecified atom stereocenters. The Hall–Kier alpha value is -1.52. The minimum atomic E-state index is -4.37. The van der Waals surface area contributed by atoms with Crippen molar-refractivity contribution in [1.82, 2.24) is 4.90 Å². The van der Waals surface area contributed by atoms with Crippen molar-refractivity contribution < 1.29 is 18.0 Å². The Bertz CT molecular complexity index is 398. The lowest BCUT2D eigenvalue weighted by molar-refractivity contribution is -0.140. The van der Waals surface area contributed by atoms with Crippen LogP contribution in [0.4, 0.5) is 13.2 Å². The summed E-state index contributed by atoms with van der Waals surface area (Å²) in [5, 5.41) is 0. The molecule has 0 spiro atoms. The molecule has 0 aromatic heterocycles. The molecule has 1 aromatic carbocycles. The van der Waals surface area contributed by atoms with E-state index in [2.05, 4.69) is 0 Å². The van der Waals surface area contributed by atoms with Crippen LogP contribution < -0.4 is 0 Å². The summed E-state index contributed by atoms with van der Waals surface area (Å²) in [4.78, 5) is 12.7. The highest BCUT2D eigenvalue weighted by atomic mass is 19.4. The molecular weight excluding hydrogens is 243 g/mol. The average molecular weight is 259 g/mol. The first kappa shape index (κ1) is 14.5. The van der Waals surface area contributed by atoms with Crippen LogP contribution in [-0.2, 0) is 6.42 Å². The van der Waals surface area contributed by atoms with E-state index in [1.165, 1.54) is 6.92 Å². The third-order valence-electron chi connectivity index (χ3n) is 2.65. The van der Waals surface area contributed by atoms with Gasteiger partial charge in [-0.3, -0.25) is 4.79 Å². The van der Waals surface area contributed by atoms with E-state index in [-0.39, 0.29) is 6.54 Å². The molecule has 18 heavy (non-hydrogen) atoms. The van der Waals surface area contributed by atoms with E-state index in [1.807, 2.05) is 6.92 Å². The van der Waals surface area contributed by atoms with Gasteiger partial charge in [-0.2, -0.15) is 13.2 Å². The minimum absolute atomic E-state index is 0.0356. The second-order valence-electron chi connectivity index (χ2n) is 3.98. The van der Waals surface area contributed by atoms with Gasteiger partial charge in [0.05, 0.1) is 0 Å². The third-order valence-corrected chi connectivity index (χ3v) is 2.65. The van der Waals surface area contributed by atoms with E-state index in [0.29, 0.717) is 5.56 Å². The number of aryl methyl sites for hydroxylation is 1. The Balaban J connectivity index is 2.82. The quantitative estimate of drug-likeness (QED) is 0.812. The van der Waals surface area contributed by atoms with Crippen molar-refractivity contribution in [1.29, 1.82) is 0 Å². The van der Waals surface area contributed by atoms with Crippen molar-refractivity contribution in [3.8, 4) is 0 Å². The average Bonchev–Trinajstić information content (AvgIpc) is 2.34. The van der Waals surface area contributed by atoms with Crippen LogP contribution in [0.5, 0.6) is 0 Å². The summed E-state index contributed by atoms with van der Waals surface area (Å²) in [7, 11) is 0. The van der Waals surface area contributed by atoms with E-state index in [1.54, 1.807) is 24.3 Å². The molecule has 0 atom stereocenters. The minimum Gasteiger partial charge on any atom is -0.330 e. The lowest BCUT2D eigenvalue weighted by Crippen LogP contribution is -2.38. The molecule has 1 amide bonds. The number of carbonyl (C=O) groups excluding carboxylic acids is 1. The maximum Gasteiger partial charge on any atom is 0.406 e. The zero-order valence-corrected chi connectivity index (χ0v) is 10.4. The molecule has 2 nitrogen and oxygen atoms in total. The van der Waals surface area contributed by atoms with Crippen molar-refractivity contribution in [2.75, 3.05) is 13.1 Å². The van der Waals surface area contributed by atoms with Crippen LogP contribution in [0.15, 0.2) is 24.3 Å². The van der Waals surface area contributed by atoms with Crippen molar-refractivity contribution >= 4 is 5.91 Å². The molecule has 0 aliphatic carbocycles. The lowest BCUT2D eigenvalue weighted by atomic mass is 10.1. The number of rotatable bonds is 4. The highest BCUT2D eigenvalue weighted by Gasteiger charge is 2.32. The van der Waals surface area contributed by atoms with Crippen LogP contribution in [0.3, 0.4) is 0 Å². The number of hydrogen-bond donors (Lipinski definition) is 0. The fourth-order valence-corrected chi connectivity index (χ4v) is 1.61. The maximum atomic E-state index is 12.3. The largest absolute Gasteiger partial charge is 0.406 e. The summed E-state index contributed by atoms with van der Waals surface area (Å²) >= 11 is 0. The fourth-order valence-electron chi connectivity index (χ4n) is 1.61. The molecule has 0 fully saturated rings. The predicted octanol–water partition coefficient (Wildman–Crippen LogP) is 3.27. The molecule has 1 rings (SSSR count). The van der Waals surface area contributed by atoms with Gasteiger partial charge in [0, 0.05) is 12.1 Å². The second-order valence-corrected chi connectivity index (χ2v) is 3.98. The van der Waals surface area contributed by atoms with Gasteiger partial charge in [0.15, 0.2) is 0 Å². The summed E-state index contributed by atoms with van der Waals surface area (Å²) in [6, 6.07) is 6.66. The van der Waals surface area contributed by atoms with Crippen molar-refractivity contribution in [2.45, 2.75) is 26.4 Å². The van der Waals surface area contributed by atoms with Crippen LogP contribution in [-0.4, -0.2) is 30.1 Å². The first-order valence-electron chi connectivity index (χ1n) is 5.82. The predicted molar refractivity (Wildman–Crippen MR) is 63.5 cm³/mol. The molecule has 0 N–H and O–H groups in total. The lowest BCUT2D eigenvalue weighted by Gasteiger charge is -2.22. The number of benzene rings is 1. The molecule has 5 heteroatoms. The van der Waals surface area contributed by atoms with Crippen LogP contribution in [0.1, 0.15) is 29.8 Å². The maximum absolute atomic E-state index is 12.3. The molecule has 0 bridgehead atoms. The summed E-state index contributed by atoms with van der Waals surface area (Å²) in [5.41, 5.74) is 1.34. The molecule has 0 heterocycles. The van der Waals surface area contributed by atoms with E-state index >= 15 is 0 Å². The van der Waals surface area contributed by atoms with Crippen LogP contribution in [0, 0.1) is 0 Å². The van der Waals surface area contributed by atoms with E-state index in [0.717, 1.165) is 16.9 Å². The first-order valence-corrected chi connectivity index (χ1v) is 5.82. The van der Waals surface area contributed by atoms with Gasteiger partial charge >= 0.3 is 6.18 Å². The Kier molecular flexibility index (Phi) is 4.76. The third kappa shape index (κ3) is 4.05. The number of halogens is 3. The second kappa shape index (κ2) is 5.89. The Morgan fingerprint density at radius 1 is 1.17 bits per heavy atom. The van der Waals surface area contributed by atoms with Gasteiger partial charge in [-0.1, -0.05) is 19.1 Å². The van der Waals surface area contributed by atoms with E-state index in [4.69, 9.17) is 0 Å². The van der Waals surface area contributed by atoms with E-state index in [9.17, 15) is 18.0 Å². The Morgan fingerprint density at radius 2 is 1.72 bits per heavy atom. The molecule has 100 valence electrons. The fraction of sp³-hybridized carbons (Fsp3) is 0.462. The van der Waals surface area contributed by atoms with Crippen molar-refractivity contribution in [3.05, 3.63) is 35.4 Å². The van der Waals surface area contributed by atoms with Gasteiger partial charge in [-0.15, -0.1) is 0 Å². The number of hydrogen-bond acceptors (Lipinski definition) is 1.